The Morgan fingerprint density at radius 3 is 3.00 bits per heavy atom. The summed E-state index contributed by atoms with van der Waals surface area (Å²) in [6.07, 6.45) is 0. The summed E-state index contributed by atoms with van der Waals surface area (Å²) < 4.78 is 0. The van der Waals surface area contributed by atoms with Gasteiger partial charge in [-0.1, -0.05) is 29.4 Å². The standard InChI is InChI=1S/C12H11ClN4O3S/c1-7-11(17(19)20)12(16-15-7)21-6-10(18)14-9-4-2-3-8(13)5-9/h2-5H,6H2,1H3,(H,14,18)(H,15,16). The second kappa shape index (κ2) is 6.59. The van der Waals surface area contributed by atoms with E-state index in [1.54, 1.807) is 31.2 Å². The van der Waals surface area contributed by atoms with Crippen LogP contribution in [0.15, 0.2) is 29.3 Å². The molecule has 0 saturated heterocycles. The van der Waals surface area contributed by atoms with Gasteiger partial charge in [0.05, 0.1) is 10.7 Å². The minimum Gasteiger partial charge on any atom is -0.325 e. The van der Waals surface area contributed by atoms with Crippen molar-refractivity contribution >= 4 is 40.6 Å². The van der Waals surface area contributed by atoms with Gasteiger partial charge in [-0.3, -0.25) is 20.0 Å². The van der Waals surface area contributed by atoms with Crippen LogP contribution in [0.25, 0.3) is 0 Å². The van der Waals surface area contributed by atoms with Crippen molar-refractivity contribution in [2.75, 3.05) is 11.1 Å². The van der Waals surface area contributed by atoms with Crippen LogP contribution in [0.3, 0.4) is 0 Å². The summed E-state index contributed by atoms with van der Waals surface area (Å²) in [7, 11) is 0. The van der Waals surface area contributed by atoms with Crippen molar-refractivity contribution in [3.63, 3.8) is 0 Å². The lowest BCUT2D eigenvalue weighted by atomic mass is 10.3. The highest BCUT2D eigenvalue weighted by Crippen LogP contribution is 2.29. The number of anilines is 1. The van der Waals surface area contributed by atoms with Crippen molar-refractivity contribution in [3.05, 3.63) is 45.1 Å². The highest BCUT2D eigenvalue weighted by atomic mass is 35.5. The largest absolute Gasteiger partial charge is 0.325 e. The quantitative estimate of drug-likeness (QED) is 0.499. The first-order chi connectivity index (χ1) is 9.97. The molecular formula is C12H11ClN4O3S. The number of thioether (sulfide) groups is 1. The summed E-state index contributed by atoms with van der Waals surface area (Å²) in [4.78, 5) is 22.2. The number of aromatic amines is 1. The molecule has 0 unspecified atom stereocenters. The molecule has 0 aliphatic carbocycles. The van der Waals surface area contributed by atoms with Crippen LogP contribution in [-0.4, -0.2) is 26.8 Å². The molecule has 7 nitrogen and oxygen atoms in total. The average Bonchev–Trinajstić information content (AvgIpc) is 2.77. The van der Waals surface area contributed by atoms with E-state index in [-0.39, 0.29) is 22.4 Å². The zero-order valence-corrected chi connectivity index (χ0v) is 12.5. The lowest BCUT2D eigenvalue weighted by Crippen LogP contribution is -2.14. The average molecular weight is 327 g/mol. The third kappa shape index (κ3) is 3.96. The lowest BCUT2D eigenvalue weighted by Gasteiger charge is -2.04. The number of hydrogen-bond acceptors (Lipinski definition) is 5. The van der Waals surface area contributed by atoms with Gasteiger partial charge >= 0.3 is 5.69 Å². The highest BCUT2D eigenvalue weighted by molar-refractivity contribution is 8.00. The predicted octanol–water partition coefficient (Wildman–Crippen LogP) is 3.01. The number of amides is 1. The van der Waals surface area contributed by atoms with Gasteiger partial charge in [0, 0.05) is 10.7 Å². The maximum Gasteiger partial charge on any atom is 0.323 e. The van der Waals surface area contributed by atoms with E-state index < -0.39 is 4.92 Å². The topological polar surface area (TPSA) is 101 Å². The molecule has 21 heavy (non-hydrogen) atoms. The molecule has 110 valence electrons. The van der Waals surface area contributed by atoms with E-state index in [1.165, 1.54) is 0 Å². The Morgan fingerprint density at radius 1 is 1.57 bits per heavy atom. The second-order valence-electron chi connectivity index (χ2n) is 4.11. The van der Waals surface area contributed by atoms with E-state index in [4.69, 9.17) is 11.6 Å². The summed E-state index contributed by atoms with van der Waals surface area (Å²) in [6.45, 7) is 1.56. The SMILES string of the molecule is Cc1[nH]nc(SCC(=O)Nc2cccc(Cl)c2)c1[N+](=O)[O-]. The number of aryl methyl sites for hydroxylation is 1. The molecular weight excluding hydrogens is 316 g/mol. The van der Waals surface area contributed by atoms with Crippen molar-refractivity contribution in [2.24, 2.45) is 0 Å². The van der Waals surface area contributed by atoms with E-state index in [9.17, 15) is 14.9 Å². The number of nitrogens with zero attached hydrogens (tertiary/aromatic N) is 2. The summed E-state index contributed by atoms with van der Waals surface area (Å²) in [6, 6.07) is 6.73. The summed E-state index contributed by atoms with van der Waals surface area (Å²) in [5.41, 5.74) is 0.828. The molecule has 0 spiro atoms. The van der Waals surface area contributed by atoms with E-state index in [0.29, 0.717) is 16.4 Å². The molecule has 9 heteroatoms. The van der Waals surface area contributed by atoms with Crippen LogP contribution in [0.4, 0.5) is 11.4 Å². The fourth-order valence-corrected chi connectivity index (χ4v) is 2.62. The van der Waals surface area contributed by atoms with Gasteiger partial charge in [0.2, 0.25) is 5.91 Å². The Morgan fingerprint density at radius 2 is 2.33 bits per heavy atom. The summed E-state index contributed by atoms with van der Waals surface area (Å²) in [5, 5.41) is 20.6. The molecule has 0 bridgehead atoms. The Labute approximate surface area is 129 Å². The van der Waals surface area contributed by atoms with Gasteiger partial charge in [-0.05, 0) is 25.1 Å². The number of aromatic nitrogens is 2. The highest BCUT2D eigenvalue weighted by Gasteiger charge is 2.22. The second-order valence-corrected chi connectivity index (χ2v) is 5.51. The van der Waals surface area contributed by atoms with Crippen LogP contribution in [0, 0.1) is 17.0 Å². The Kier molecular flexibility index (Phi) is 4.81. The number of halogens is 1. The van der Waals surface area contributed by atoms with Crippen molar-refractivity contribution in [2.45, 2.75) is 11.9 Å². The first kappa shape index (κ1) is 15.3. The maximum absolute atomic E-state index is 11.8. The minimum atomic E-state index is -0.518. The molecule has 0 fully saturated rings. The third-order valence-electron chi connectivity index (χ3n) is 2.51. The molecule has 1 heterocycles. The monoisotopic (exact) mass is 326 g/mol. The Hall–Kier alpha value is -2.06. The Bertz CT molecular complexity index is 689. The van der Waals surface area contributed by atoms with Crippen LogP contribution in [0.2, 0.25) is 5.02 Å². The first-order valence-corrected chi connectivity index (χ1v) is 7.21. The first-order valence-electron chi connectivity index (χ1n) is 5.85. The fourth-order valence-electron chi connectivity index (χ4n) is 1.61. The molecule has 1 aromatic carbocycles. The zero-order valence-electron chi connectivity index (χ0n) is 10.9. The number of rotatable bonds is 5. The minimum absolute atomic E-state index is 0.0116. The van der Waals surface area contributed by atoms with Crippen molar-refractivity contribution in [1.82, 2.24) is 10.2 Å². The van der Waals surface area contributed by atoms with Gasteiger partial charge in [0.15, 0.2) is 5.03 Å². The van der Waals surface area contributed by atoms with E-state index >= 15 is 0 Å². The Balaban J connectivity index is 1.97. The lowest BCUT2D eigenvalue weighted by molar-refractivity contribution is -0.388. The summed E-state index contributed by atoms with van der Waals surface area (Å²) >= 11 is 6.81. The molecule has 0 aliphatic rings. The van der Waals surface area contributed by atoms with Gasteiger partial charge in [0.1, 0.15) is 5.69 Å². The van der Waals surface area contributed by atoms with Gasteiger partial charge in [-0.25, -0.2) is 0 Å². The fraction of sp³-hybridized carbons (Fsp3) is 0.167. The van der Waals surface area contributed by atoms with Gasteiger partial charge in [0.25, 0.3) is 0 Å². The van der Waals surface area contributed by atoms with Crippen molar-refractivity contribution in [1.29, 1.82) is 0 Å². The van der Waals surface area contributed by atoms with E-state index in [0.717, 1.165) is 11.8 Å². The molecule has 0 radical (unpaired) electrons. The molecule has 0 saturated carbocycles. The maximum atomic E-state index is 11.8. The normalized spacial score (nSPS) is 10.4. The van der Waals surface area contributed by atoms with Crippen molar-refractivity contribution < 1.29 is 9.72 Å². The molecule has 1 amide bonds. The van der Waals surface area contributed by atoms with Gasteiger partial charge < -0.3 is 5.32 Å². The number of nitro groups is 1. The predicted molar refractivity (Wildman–Crippen MR) is 80.8 cm³/mol. The van der Waals surface area contributed by atoms with Crippen molar-refractivity contribution in [3.8, 4) is 0 Å². The molecule has 2 aromatic rings. The number of carbonyl (C=O) groups excluding carboxylic acids is 1. The number of H-pyrrole nitrogens is 1. The van der Waals surface area contributed by atoms with Gasteiger partial charge in [-0.2, -0.15) is 5.10 Å². The molecule has 2 rings (SSSR count). The van der Waals surface area contributed by atoms with Crippen LogP contribution in [0.5, 0.6) is 0 Å². The molecule has 0 aliphatic heterocycles. The zero-order chi connectivity index (χ0) is 15.4. The van der Waals surface area contributed by atoms with E-state index in [1.807, 2.05) is 0 Å². The third-order valence-corrected chi connectivity index (χ3v) is 3.71. The molecule has 2 N–H and O–H groups in total. The van der Waals surface area contributed by atoms with Gasteiger partial charge in [-0.15, -0.1) is 0 Å². The number of carbonyl (C=O) groups is 1. The number of benzene rings is 1. The van der Waals surface area contributed by atoms with E-state index in [2.05, 4.69) is 15.5 Å². The van der Waals surface area contributed by atoms with Crippen LogP contribution >= 0.6 is 23.4 Å². The van der Waals surface area contributed by atoms with Crippen LogP contribution in [0.1, 0.15) is 5.69 Å². The molecule has 1 aromatic heterocycles. The smallest absolute Gasteiger partial charge is 0.323 e. The molecule has 0 atom stereocenters. The summed E-state index contributed by atoms with van der Waals surface area (Å²) in [5.74, 6) is -0.283. The number of nitrogens with one attached hydrogen (secondary N) is 2. The van der Waals surface area contributed by atoms with Crippen LogP contribution < -0.4 is 5.32 Å². The number of hydrogen-bond donors (Lipinski definition) is 2. The van der Waals surface area contributed by atoms with Crippen LogP contribution in [-0.2, 0) is 4.79 Å².